The number of halogens is 2. The van der Waals surface area contributed by atoms with E-state index in [2.05, 4.69) is 10.6 Å². The molecule has 1 fully saturated rings. The number of carbonyl (C=O) groups excluding carboxylic acids is 2. The molecular formula is C31H29Cl2N3O5S. The first-order valence-electron chi connectivity index (χ1n) is 13.4. The molecule has 11 heteroatoms. The highest BCUT2D eigenvalue weighted by Gasteiger charge is 2.27. The summed E-state index contributed by atoms with van der Waals surface area (Å²) < 4.78 is 28.3. The van der Waals surface area contributed by atoms with Gasteiger partial charge in [0.1, 0.15) is 6.04 Å². The number of carbonyl (C=O) groups is 2. The van der Waals surface area contributed by atoms with E-state index in [1.165, 1.54) is 7.11 Å². The fourth-order valence-corrected chi connectivity index (χ4v) is 7.29. The highest BCUT2D eigenvalue weighted by atomic mass is 35.5. The third-order valence-corrected chi connectivity index (χ3v) is 9.64. The molecule has 2 atom stereocenters. The molecule has 1 saturated heterocycles. The minimum Gasteiger partial charge on any atom is -0.467 e. The lowest BCUT2D eigenvalue weighted by molar-refractivity contribution is -0.142. The summed E-state index contributed by atoms with van der Waals surface area (Å²) in [7, 11) is -1.67. The molecule has 1 amide bonds. The summed E-state index contributed by atoms with van der Waals surface area (Å²) in [6.07, 6.45) is 0.822. The first-order valence-corrected chi connectivity index (χ1v) is 15.9. The predicted molar refractivity (Wildman–Crippen MR) is 165 cm³/mol. The van der Waals surface area contributed by atoms with Crippen LogP contribution in [-0.2, 0) is 32.3 Å². The third kappa shape index (κ3) is 7.10. The van der Waals surface area contributed by atoms with Gasteiger partial charge in [-0.3, -0.25) is 4.79 Å². The number of aromatic nitrogens is 1. The molecule has 0 spiro atoms. The number of rotatable bonds is 9. The number of amides is 1. The fourth-order valence-electron chi connectivity index (χ4n) is 4.99. The normalized spacial score (nSPS) is 16.7. The standard InChI is InChI=1S/C31H29Cl2N3O5S/c1-41-31(38)28(36-30(37)21-8-5-19(6-9-21)17-34-23-13-14-42(39,40)18-23)16-20-7-11-26-22(15-20)10-12-27(35-26)29-24(32)3-2-4-25(29)33/h2-12,15,23,28,34H,13-14,16-18H2,1H3,(H,36,37)/t23?,28-/m0/s1. The highest BCUT2D eigenvalue weighted by molar-refractivity contribution is 7.91. The third-order valence-electron chi connectivity index (χ3n) is 7.25. The van der Waals surface area contributed by atoms with Crippen LogP contribution in [-0.4, -0.2) is 56.0 Å². The first-order chi connectivity index (χ1) is 20.1. The number of nitrogens with one attached hydrogen (secondary N) is 2. The van der Waals surface area contributed by atoms with Crippen LogP contribution >= 0.6 is 23.2 Å². The number of ether oxygens (including phenoxy) is 1. The zero-order chi connectivity index (χ0) is 29.9. The Kier molecular flexibility index (Phi) is 9.13. The van der Waals surface area contributed by atoms with Crippen LogP contribution in [0.1, 0.15) is 27.9 Å². The molecule has 5 rings (SSSR count). The Morgan fingerprint density at radius 2 is 1.71 bits per heavy atom. The highest BCUT2D eigenvalue weighted by Crippen LogP contribution is 2.34. The van der Waals surface area contributed by atoms with Crippen molar-refractivity contribution >= 4 is 55.8 Å². The zero-order valence-corrected chi connectivity index (χ0v) is 25.1. The van der Waals surface area contributed by atoms with Crippen LogP contribution in [0.25, 0.3) is 22.2 Å². The van der Waals surface area contributed by atoms with E-state index in [0.29, 0.717) is 39.8 Å². The lowest BCUT2D eigenvalue weighted by atomic mass is 10.0. The maximum absolute atomic E-state index is 13.0. The second kappa shape index (κ2) is 12.8. The van der Waals surface area contributed by atoms with E-state index in [1.807, 2.05) is 30.3 Å². The molecule has 2 heterocycles. The lowest BCUT2D eigenvalue weighted by Gasteiger charge is -2.17. The number of methoxy groups -OCH3 is 1. The quantitative estimate of drug-likeness (QED) is 0.252. The molecule has 0 aliphatic carbocycles. The van der Waals surface area contributed by atoms with Gasteiger partial charge in [-0.2, -0.15) is 0 Å². The molecule has 2 N–H and O–H groups in total. The molecule has 4 aromatic rings. The Morgan fingerprint density at radius 3 is 2.38 bits per heavy atom. The largest absolute Gasteiger partial charge is 0.467 e. The van der Waals surface area contributed by atoms with E-state index < -0.39 is 27.8 Å². The molecule has 0 saturated carbocycles. The average molecular weight is 627 g/mol. The van der Waals surface area contributed by atoms with Crippen molar-refractivity contribution in [2.24, 2.45) is 0 Å². The summed E-state index contributed by atoms with van der Waals surface area (Å²) in [5, 5.41) is 7.92. The minimum absolute atomic E-state index is 0.0624. The lowest BCUT2D eigenvalue weighted by Crippen LogP contribution is -2.43. The van der Waals surface area contributed by atoms with Gasteiger partial charge in [0.25, 0.3) is 5.91 Å². The van der Waals surface area contributed by atoms with Crippen LogP contribution in [0, 0.1) is 0 Å². The van der Waals surface area contributed by atoms with Crippen molar-refractivity contribution in [2.75, 3.05) is 18.6 Å². The number of nitrogens with zero attached hydrogens (tertiary/aromatic N) is 1. The van der Waals surface area contributed by atoms with Crippen LogP contribution in [0.4, 0.5) is 0 Å². The Labute approximate surface area is 254 Å². The Hall–Kier alpha value is -3.50. The molecule has 218 valence electrons. The summed E-state index contributed by atoms with van der Waals surface area (Å²) in [6.45, 7) is 0.497. The van der Waals surface area contributed by atoms with E-state index in [-0.39, 0.29) is 24.0 Å². The molecular weight excluding hydrogens is 597 g/mol. The van der Waals surface area contributed by atoms with Gasteiger partial charge in [0.2, 0.25) is 0 Å². The monoisotopic (exact) mass is 625 g/mol. The van der Waals surface area contributed by atoms with Crippen molar-refractivity contribution in [2.45, 2.75) is 31.5 Å². The van der Waals surface area contributed by atoms with Crippen molar-refractivity contribution in [3.63, 3.8) is 0 Å². The molecule has 1 aromatic heterocycles. The van der Waals surface area contributed by atoms with Crippen LogP contribution < -0.4 is 10.6 Å². The van der Waals surface area contributed by atoms with Gasteiger partial charge in [-0.1, -0.05) is 53.5 Å². The van der Waals surface area contributed by atoms with Crippen molar-refractivity contribution in [1.29, 1.82) is 0 Å². The summed E-state index contributed by atoms with van der Waals surface area (Å²) in [4.78, 5) is 30.3. The van der Waals surface area contributed by atoms with Crippen molar-refractivity contribution in [3.05, 3.63) is 99.5 Å². The van der Waals surface area contributed by atoms with Crippen LogP contribution in [0.3, 0.4) is 0 Å². The molecule has 1 aliphatic rings. The minimum atomic E-state index is -2.95. The maximum Gasteiger partial charge on any atom is 0.328 e. The molecule has 3 aromatic carbocycles. The predicted octanol–water partition coefficient (Wildman–Crippen LogP) is 5.00. The summed E-state index contributed by atoms with van der Waals surface area (Å²) in [5.41, 5.74) is 4.18. The second-order valence-electron chi connectivity index (χ2n) is 10.3. The van der Waals surface area contributed by atoms with Gasteiger partial charge in [-0.25, -0.2) is 18.2 Å². The molecule has 1 aliphatic heterocycles. The van der Waals surface area contributed by atoms with E-state index in [1.54, 1.807) is 42.5 Å². The van der Waals surface area contributed by atoms with Crippen LogP contribution in [0.15, 0.2) is 72.8 Å². The van der Waals surface area contributed by atoms with E-state index in [9.17, 15) is 18.0 Å². The van der Waals surface area contributed by atoms with E-state index >= 15 is 0 Å². The topological polar surface area (TPSA) is 114 Å². The van der Waals surface area contributed by atoms with Gasteiger partial charge in [0.05, 0.1) is 39.9 Å². The van der Waals surface area contributed by atoms with Gasteiger partial charge >= 0.3 is 5.97 Å². The molecule has 1 unspecified atom stereocenters. The number of sulfone groups is 1. The number of esters is 1. The van der Waals surface area contributed by atoms with Gasteiger partial charge in [0.15, 0.2) is 9.84 Å². The van der Waals surface area contributed by atoms with E-state index in [0.717, 1.165) is 22.0 Å². The van der Waals surface area contributed by atoms with Gasteiger partial charge in [-0.05, 0) is 60.0 Å². The number of hydrogen-bond donors (Lipinski definition) is 2. The van der Waals surface area contributed by atoms with Crippen molar-refractivity contribution < 1.29 is 22.7 Å². The SMILES string of the molecule is COC(=O)[C@H](Cc1ccc2nc(-c3c(Cl)cccc3Cl)ccc2c1)NC(=O)c1ccc(CNC2CCS(=O)(=O)C2)cc1. The van der Waals surface area contributed by atoms with E-state index in [4.69, 9.17) is 32.9 Å². The Balaban J connectivity index is 1.25. The molecule has 0 radical (unpaired) electrons. The molecule has 8 nitrogen and oxygen atoms in total. The fraction of sp³-hybridized carbons (Fsp3) is 0.258. The van der Waals surface area contributed by atoms with Gasteiger partial charge in [-0.15, -0.1) is 0 Å². The second-order valence-corrected chi connectivity index (χ2v) is 13.3. The van der Waals surface area contributed by atoms with Crippen LogP contribution in [0.2, 0.25) is 10.0 Å². The first kappa shape index (κ1) is 30.0. The smallest absolute Gasteiger partial charge is 0.328 e. The van der Waals surface area contributed by atoms with Crippen molar-refractivity contribution in [1.82, 2.24) is 15.6 Å². The number of fused-ring (bicyclic) bond motifs is 1. The molecule has 42 heavy (non-hydrogen) atoms. The van der Waals surface area contributed by atoms with Crippen molar-refractivity contribution in [3.8, 4) is 11.3 Å². The number of benzene rings is 3. The molecule has 0 bridgehead atoms. The Morgan fingerprint density at radius 1 is 1.00 bits per heavy atom. The Bertz CT molecular complexity index is 1730. The summed E-state index contributed by atoms with van der Waals surface area (Å²) in [6, 6.07) is 20.7. The van der Waals surface area contributed by atoms with Gasteiger partial charge < -0.3 is 15.4 Å². The summed E-state index contributed by atoms with van der Waals surface area (Å²) in [5.74, 6) is -0.608. The van der Waals surface area contributed by atoms with Crippen LogP contribution in [0.5, 0.6) is 0 Å². The number of pyridine rings is 1. The maximum atomic E-state index is 13.0. The summed E-state index contributed by atoms with van der Waals surface area (Å²) >= 11 is 12.7. The zero-order valence-electron chi connectivity index (χ0n) is 22.8. The number of hydrogen-bond acceptors (Lipinski definition) is 7. The average Bonchev–Trinajstić information content (AvgIpc) is 3.33. The van der Waals surface area contributed by atoms with Gasteiger partial charge in [0, 0.05) is 35.5 Å².